The van der Waals surface area contributed by atoms with Gasteiger partial charge in [-0.15, -0.1) is 0 Å². The predicted octanol–water partition coefficient (Wildman–Crippen LogP) is 2.55. The fourth-order valence-electron chi connectivity index (χ4n) is 2.64. The summed E-state index contributed by atoms with van der Waals surface area (Å²) in [4.78, 5) is 37.3. The molecule has 142 valence electrons. The minimum Gasteiger partial charge on any atom is -0.545 e. The first-order valence-corrected chi connectivity index (χ1v) is 9.32. The maximum absolute atomic E-state index is 12.9. The molecule has 1 heterocycles. The summed E-state index contributed by atoms with van der Waals surface area (Å²) in [5.74, 6) is -2.11. The topological polar surface area (TPSA) is 86.7 Å². The van der Waals surface area contributed by atoms with Crippen LogP contribution in [0.1, 0.15) is 31.8 Å². The van der Waals surface area contributed by atoms with Crippen LogP contribution in [0.5, 0.6) is 0 Å². The highest BCUT2D eigenvalue weighted by Gasteiger charge is 2.34. The fraction of sp³-hybridized carbons (Fsp3) is 0.100. The average Bonchev–Trinajstić information content (AvgIpc) is 2.95. The molecule has 0 spiro atoms. The lowest BCUT2D eigenvalue weighted by Gasteiger charge is -2.18. The summed E-state index contributed by atoms with van der Waals surface area (Å²) >= 11 is 6.46. The molecule has 1 aliphatic heterocycles. The number of carboxylic acids is 1. The number of hydrogen-bond acceptors (Lipinski definition) is 7. The van der Waals surface area contributed by atoms with Crippen molar-refractivity contribution in [3.63, 3.8) is 0 Å². The predicted molar refractivity (Wildman–Crippen MR) is 109 cm³/mol. The molecule has 1 aliphatic rings. The van der Waals surface area contributed by atoms with E-state index in [0.29, 0.717) is 31.6 Å². The molecule has 3 rings (SSSR count). The van der Waals surface area contributed by atoms with Gasteiger partial charge < -0.3 is 14.6 Å². The van der Waals surface area contributed by atoms with Crippen molar-refractivity contribution in [1.29, 1.82) is 0 Å². The molecular weight excluding hydrogens is 398 g/mol. The third-order valence-corrected chi connectivity index (χ3v) is 5.41. The average molecular weight is 412 g/mol. The number of aryl methyl sites for hydroxylation is 1. The number of anilines is 1. The number of thiocarbonyl (C=S) groups is 1. The third-order valence-electron chi connectivity index (χ3n) is 4.11. The van der Waals surface area contributed by atoms with Gasteiger partial charge >= 0.3 is 5.97 Å². The second-order valence-corrected chi connectivity index (χ2v) is 7.60. The Morgan fingerprint density at radius 2 is 1.79 bits per heavy atom. The van der Waals surface area contributed by atoms with Crippen LogP contribution in [0.2, 0.25) is 0 Å². The van der Waals surface area contributed by atoms with Crippen LogP contribution in [-0.2, 0) is 9.53 Å². The van der Waals surface area contributed by atoms with Crippen LogP contribution in [-0.4, -0.2) is 29.3 Å². The highest BCUT2D eigenvalue weighted by Crippen LogP contribution is 2.37. The summed E-state index contributed by atoms with van der Waals surface area (Å²) < 4.78 is 4.97. The van der Waals surface area contributed by atoms with Crippen molar-refractivity contribution in [2.45, 2.75) is 6.92 Å². The second kappa shape index (κ2) is 7.95. The summed E-state index contributed by atoms with van der Waals surface area (Å²) in [6.45, 7) is 1.77. The summed E-state index contributed by atoms with van der Waals surface area (Å²) in [6, 6.07) is 11.0. The van der Waals surface area contributed by atoms with E-state index in [9.17, 15) is 19.5 Å². The molecule has 0 bridgehead atoms. The van der Waals surface area contributed by atoms with Gasteiger partial charge in [0.25, 0.3) is 5.91 Å². The Morgan fingerprint density at radius 1 is 1.14 bits per heavy atom. The number of rotatable bonds is 4. The highest BCUT2D eigenvalue weighted by molar-refractivity contribution is 8.27. The van der Waals surface area contributed by atoms with Gasteiger partial charge in [0.2, 0.25) is 0 Å². The van der Waals surface area contributed by atoms with E-state index in [1.165, 1.54) is 24.1 Å². The number of aromatic carboxylic acids is 1. The summed E-state index contributed by atoms with van der Waals surface area (Å²) in [6.07, 6.45) is 1.66. The van der Waals surface area contributed by atoms with Gasteiger partial charge in [-0.3, -0.25) is 9.69 Å². The Hall–Kier alpha value is -2.97. The van der Waals surface area contributed by atoms with Crippen molar-refractivity contribution in [2.24, 2.45) is 0 Å². The number of carboxylic acid groups (broad SMARTS) is 1. The van der Waals surface area contributed by atoms with E-state index in [-0.39, 0.29) is 11.5 Å². The van der Waals surface area contributed by atoms with Gasteiger partial charge in [0.1, 0.15) is 0 Å². The number of thioether (sulfide) groups is 1. The SMILES string of the molecule is COC(=O)c1ccc(/C=C2\SC(=S)N(c3cc(C(=O)[O-])ccc3C)C2=O)cc1. The number of esters is 1. The van der Waals surface area contributed by atoms with Gasteiger partial charge in [-0.2, -0.15) is 0 Å². The zero-order valence-corrected chi connectivity index (χ0v) is 16.6. The molecule has 2 aromatic rings. The monoisotopic (exact) mass is 412 g/mol. The molecule has 1 fully saturated rings. The molecule has 28 heavy (non-hydrogen) atoms. The van der Waals surface area contributed by atoms with Crippen molar-refractivity contribution in [1.82, 2.24) is 0 Å². The molecule has 2 aromatic carbocycles. The minimum absolute atomic E-state index is 0.0305. The molecule has 8 heteroatoms. The van der Waals surface area contributed by atoms with Crippen LogP contribution in [0.4, 0.5) is 5.69 Å². The summed E-state index contributed by atoms with van der Waals surface area (Å²) in [5, 5.41) is 11.1. The first-order valence-electron chi connectivity index (χ1n) is 8.10. The summed E-state index contributed by atoms with van der Waals surface area (Å²) in [7, 11) is 1.30. The molecule has 0 aromatic heterocycles. The van der Waals surface area contributed by atoms with Gasteiger partial charge in [0, 0.05) is 0 Å². The van der Waals surface area contributed by atoms with E-state index in [2.05, 4.69) is 4.74 Å². The van der Waals surface area contributed by atoms with Crippen molar-refractivity contribution >= 4 is 57.9 Å². The molecule has 0 N–H and O–H groups in total. The Bertz CT molecular complexity index is 1030. The fourth-order valence-corrected chi connectivity index (χ4v) is 3.92. The number of benzene rings is 2. The zero-order chi connectivity index (χ0) is 20.4. The standard InChI is InChI=1S/C20H15NO5S2/c1-11-3-6-14(18(23)24)10-15(11)21-17(22)16(28-20(21)27)9-12-4-7-13(8-5-12)19(25)26-2/h3-10H,1-2H3,(H,23,24)/p-1/b16-9-. The largest absolute Gasteiger partial charge is 0.545 e. The van der Waals surface area contributed by atoms with E-state index in [0.717, 1.165) is 11.8 Å². The number of hydrogen-bond donors (Lipinski definition) is 0. The number of nitrogens with zero attached hydrogens (tertiary/aromatic N) is 1. The van der Waals surface area contributed by atoms with E-state index < -0.39 is 11.9 Å². The van der Waals surface area contributed by atoms with Crippen LogP contribution >= 0.6 is 24.0 Å². The molecule has 1 amide bonds. The minimum atomic E-state index is -1.33. The lowest BCUT2D eigenvalue weighted by Crippen LogP contribution is -2.29. The smallest absolute Gasteiger partial charge is 0.337 e. The maximum Gasteiger partial charge on any atom is 0.337 e. The van der Waals surface area contributed by atoms with Gasteiger partial charge in [0.15, 0.2) is 4.32 Å². The van der Waals surface area contributed by atoms with Crippen molar-refractivity contribution < 1.29 is 24.2 Å². The lowest BCUT2D eigenvalue weighted by molar-refractivity contribution is -0.255. The van der Waals surface area contributed by atoms with Crippen molar-refractivity contribution in [2.75, 3.05) is 12.0 Å². The lowest BCUT2D eigenvalue weighted by atomic mass is 10.1. The van der Waals surface area contributed by atoms with Crippen LogP contribution < -0.4 is 10.0 Å². The molecule has 6 nitrogen and oxygen atoms in total. The molecule has 0 saturated carbocycles. The second-order valence-electron chi connectivity index (χ2n) is 5.92. The normalized spacial score (nSPS) is 15.2. The van der Waals surface area contributed by atoms with Crippen LogP contribution in [0.15, 0.2) is 47.4 Å². The number of amides is 1. The Labute approximate surface area is 170 Å². The summed E-state index contributed by atoms with van der Waals surface area (Å²) in [5.41, 5.74) is 2.21. The Balaban J connectivity index is 1.92. The molecule has 0 aliphatic carbocycles. The number of carbonyl (C=O) groups excluding carboxylic acids is 3. The first kappa shape index (κ1) is 19.8. The van der Waals surface area contributed by atoms with Gasteiger partial charge in [-0.1, -0.05) is 48.2 Å². The Kier molecular flexibility index (Phi) is 5.62. The molecule has 0 atom stereocenters. The van der Waals surface area contributed by atoms with E-state index in [4.69, 9.17) is 12.2 Å². The van der Waals surface area contributed by atoms with E-state index >= 15 is 0 Å². The van der Waals surface area contributed by atoms with Crippen molar-refractivity contribution in [3.8, 4) is 0 Å². The molecule has 0 radical (unpaired) electrons. The first-order chi connectivity index (χ1) is 13.3. The molecule has 1 saturated heterocycles. The maximum atomic E-state index is 12.9. The Morgan fingerprint density at radius 3 is 2.39 bits per heavy atom. The van der Waals surface area contributed by atoms with Gasteiger partial charge in [-0.05, 0) is 47.9 Å². The number of methoxy groups -OCH3 is 1. The number of ether oxygens (including phenoxy) is 1. The van der Waals surface area contributed by atoms with Crippen molar-refractivity contribution in [3.05, 3.63) is 69.6 Å². The third kappa shape index (κ3) is 3.83. The quantitative estimate of drug-likeness (QED) is 0.433. The van der Waals surface area contributed by atoms with E-state index in [1.807, 2.05) is 0 Å². The van der Waals surface area contributed by atoms with Gasteiger partial charge in [-0.25, -0.2) is 4.79 Å². The van der Waals surface area contributed by atoms with Gasteiger partial charge in [0.05, 0.1) is 29.2 Å². The van der Waals surface area contributed by atoms with Crippen LogP contribution in [0.3, 0.4) is 0 Å². The zero-order valence-electron chi connectivity index (χ0n) is 14.9. The molecule has 0 unspecified atom stereocenters. The number of carbonyl (C=O) groups is 3. The highest BCUT2D eigenvalue weighted by atomic mass is 32.2. The van der Waals surface area contributed by atoms with Crippen LogP contribution in [0.25, 0.3) is 6.08 Å². The van der Waals surface area contributed by atoms with Crippen LogP contribution in [0, 0.1) is 6.92 Å². The molecular formula is C20H14NO5S2-. The van der Waals surface area contributed by atoms with E-state index in [1.54, 1.807) is 43.3 Å².